The van der Waals surface area contributed by atoms with E-state index in [1.807, 2.05) is 13.8 Å². The topological polar surface area (TPSA) is 52.6 Å². The Morgan fingerprint density at radius 2 is 1.61 bits per heavy atom. The fourth-order valence-corrected chi connectivity index (χ4v) is 0.971. The fourth-order valence-electron chi connectivity index (χ4n) is 0.971. The molecular weight excluding hydrogens is 232 g/mol. The van der Waals surface area contributed by atoms with Gasteiger partial charge in [-0.15, -0.1) is 0 Å². The number of ether oxygens (including phenoxy) is 2. The predicted molar refractivity (Wildman–Crippen MR) is 69.6 cm³/mol. The van der Waals surface area contributed by atoms with Gasteiger partial charge in [0.25, 0.3) is 0 Å². The molecule has 1 aromatic rings. The highest BCUT2D eigenvalue weighted by Gasteiger charge is 2.07. The third-order valence-electron chi connectivity index (χ3n) is 1.83. The lowest BCUT2D eigenvalue weighted by Gasteiger charge is -2.04. The maximum Gasteiger partial charge on any atom is 0.338 e. The molecule has 0 amide bonds. The molecule has 0 heterocycles. The van der Waals surface area contributed by atoms with E-state index in [9.17, 15) is 9.59 Å². The molecule has 0 fully saturated rings. The minimum Gasteiger partial charge on any atom is -0.465 e. The summed E-state index contributed by atoms with van der Waals surface area (Å²) in [4.78, 5) is 22.3. The van der Waals surface area contributed by atoms with Crippen LogP contribution in [-0.4, -0.2) is 19.0 Å². The van der Waals surface area contributed by atoms with Crippen molar-refractivity contribution in [1.82, 2.24) is 0 Å². The molecule has 0 unspecified atom stereocenters. The molecule has 4 heteroatoms. The van der Waals surface area contributed by atoms with Crippen molar-refractivity contribution in [1.29, 1.82) is 0 Å². The molecule has 0 atom stereocenters. The molecule has 0 spiro atoms. The fraction of sp³-hybridized carbons (Fsp3) is 0.286. The van der Waals surface area contributed by atoms with Gasteiger partial charge < -0.3 is 9.47 Å². The number of hydrogen-bond acceptors (Lipinski definition) is 4. The number of benzene rings is 1. The van der Waals surface area contributed by atoms with Gasteiger partial charge in [-0.3, -0.25) is 0 Å². The van der Waals surface area contributed by atoms with Gasteiger partial charge in [0.15, 0.2) is 0 Å². The summed E-state index contributed by atoms with van der Waals surface area (Å²) >= 11 is 0. The second kappa shape index (κ2) is 8.06. The molecule has 0 aliphatic carbocycles. The first-order valence-corrected chi connectivity index (χ1v) is 5.60. The lowest BCUT2D eigenvalue weighted by molar-refractivity contribution is -0.130. The minimum atomic E-state index is -0.495. The first-order chi connectivity index (χ1) is 8.54. The zero-order chi connectivity index (χ0) is 14.1. The molecule has 4 nitrogen and oxygen atoms in total. The van der Waals surface area contributed by atoms with E-state index in [1.165, 1.54) is 31.4 Å². The summed E-state index contributed by atoms with van der Waals surface area (Å²) < 4.78 is 9.49. The number of carbonyl (C=O) groups is 2. The number of hydrogen-bond donors (Lipinski definition) is 0. The van der Waals surface area contributed by atoms with E-state index >= 15 is 0 Å². The van der Waals surface area contributed by atoms with E-state index in [0.717, 1.165) is 0 Å². The summed E-state index contributed by atoms with van der Waals surface area (Å²) in [5.41, 5.74) is 0.717. The molecule has 98 valence electrons. The SMILES string of the molecule is C=C(C)C(=O)Oc1ccc(C(=O)OC)cc1.CC. The Morgan fingerprint density at radius 1 is 1.11 bits per heavy atom. The first-order valence-electron chi connectivity index (χ1n) is 5.60. The second-order valence-electron chi connectivity index (χ2n) is 3.19. The van der Waals surface area contributed by atoms with E-state index in [-0.39, 0.29) is 0 Å². The summed E-state index contributed by atoms with van der Waals surface area (Å²) in [5, 5.41) is 0. The average Bonchev–Trinajstić information content (AvgIpc) is 2.40. The van der Waals surface area contributed by atoms with Gasteiger partial charge in [0, 0.05) is 5.57 Å². The molecule has 1 aromatic carbocycles. The third-order valence-corrected chi connectivity index (χ3v) is 1.83. The Labute approximate surface area is 107 Å². The lowest BCUT2D eigenvalue weighted by Crippen LogP contribution is -2.08. The van der Waals surface area contributed by atoms with Crippen LogP contribution in [0, 0.1) is 0 Å². The highest BCUT2D eigenvalue weighted by molar-refractivity contribution is 5.90. The van der Waals surface area contributed by atoms with E-state index < -0.39 is 11.9 Å². The number of esters is 2. The first kappa shape index (κ1) is 15.9. The zero-order valence-electron chi connectivity index (χ0n) is 11.1. The molecule has 0 N–H and O–H groups in total. The maximum atomic E-state index is 11.2. The highest BCUT2D eigenvalue weighted by Crippen LogP contribution is 2.13. The number of carbonyl (C=O) groups excluding carboxylic acids is 2. The van der Waals surface area contributed by atoms with E-state index in [4.69, 9.17) is 4.74 Å². The zero-order valence-corrected chi connectivity index (χ0v) is 11.1. The second-order valence-corrected chi connectivity index (χ2v) is 3.19. The summed E-state index contributed by atoms with van der Waals surface area (Å²) in [6.07, 6.45) is 0. The van der Waals surface area contributed by atoms with Crippen LogP contribution in [0.5, 0.6) is 5.75 Å². The monoisotopic (exact) mass is 250 g/mol. The molecule has 0 aromatic heterocycles. The van der Waals surface area contributed by atoms with Crippen LogP contribution in [0.15, 0.2) is 36.4 Å². The Morgan fingerprint density at radius 3 is 2.00 bits per heavy atom. The Hall–Kier alpha value is -2.10. The lowest BCUT2D eigenvalue weighted by atomic mass is 10.2. The van der Waals surface area contributed by atoms with Gasteiger partial charge in [-0.1, -0.05) is 20.4 Å². The number of rotatable bonds is 3. The van der Waals surface area contributed by atoms with E-state index in [0.29, 0.717) is 16.9 Å². The van der Waals surface area contributed by atoms with Gasteiger partial charge in [-0.25, -0.2) is 9.59 Å². The van der Waals surface area contributed by atoms with Crippen LogP contribution in [0.25, 0.3) is 0 Å². The Bertz CT molecular complexity index is 418. The van der Waals surface area contributed by atoms with Crippen molar-refractivity contribution < 1.29 is 19.1 Å². The third kappa shape index (κ3) is 4.82. The van der Waals surface area contributed by atoms with Gasteiger partial charge >= 0.3 is 11.9 Å². The molecule has 0 aliphatic heterocycles. The Kier molecular flexibility index (Phi) is 7.12. The minimum absolute atomic E-state index is 0.317. The quantitative estimate of drug-likeness (QED) is 0.470. The molecule has 0 saturated carbocycles. The van der Waals surface area contributed by atoms with Gasteiger partial charge in [-0.05, 0) is 31.2 Å². The van der Waals surface area contributed by atoms with Gasteiger partial charge in [0.05, 0.1) is 12.7 Å². The largest absolute Gasteiger partial charge is 0.465 e. The van der Waals surface area contributed by atoms with Crippen molar-refractivity contribution >= 4 is 11.9 Å². The van der Waals surface area contributed by atoms with Crippen LogP contribution in [-0.2, 0) is 9.53 Å². The van der Waals surface area contributed by atoms with Gasteiger partial charge in [0.2, 0.25) is 0 Å². The standard InChI is InChI=1S/C12H12O4.C2H6/c1-8(2)11(13)16-10-6-4-9(5-7-10)12(14)15-3;1-2/h4-7H,1H2,2-3H3;1-2H3. The average molecular weight is 250 g/mol. The summed E-state index contributed by atoms with van der Waals surface area (Å²) in [6.45, 7) is 9.02. The summed E-state index contributed by atoms with van der Waals surface area (Å²) in [7, 11) is 1.30. The van der Waals surface area contributed by atoms with Crippen LogP contribution < -0.4 is 4.74 Å². The van der Waals surface area contributed by atoms with E-state index in [2.05, 4.69) is 11.3 Å². The molecule has 0 aliphatic rings. The van der Waals surface area contributed by atoms with Crippen molar-refractivity contribution in [3.63, 3.8) is 0 Å². The van der Waals surface area contributed by atoms with Crippen LogP contribution in [0.3, 0.4) is 0 Å². The van der Waals surface area contributed by atoms with Crippen LogP contribution in [0.2, 0.25) is 0 Å². The van der Waals surface area contributed by atoms with Gasteiger partial charge in [0.1, 0.15) is 5.75 Å². The van der Waals surface area contributed by atoms with Crippen LogP contribution >= 0.6 is 0 Å². The highest BCUT2D eigenvalue weighted by atomic mass is 16.5. The molecule has 0 radical (unpaired) electrons. The smallest absolute Gasteiger partial charge is 0.338 e. The molecule has 0 bridgehead atoms. The molecule has 1 rings (SSSR count). The summed E-state index contributed by atoms with van der Waals surface area (Å²) in [6, 6.07) is 6.08. The number of methoxy groups -OCH3 is 1. The predicted octanol–water partition coefficient (Wildman–Crippen LogP) is 2.98. The van der Waals surface area contributed by atoms with Crippen molar-refractivity contribution in [3.05, 3.63) is 42.0 Å². The van der Waals surface area contributed by atoms with Crippen molar-refractivity contribution in [3.8, 4) is 5.75 Å². The maximum absolute atomic E-state index is 11.2. The van der Waals surface area contributed by atoms with Crippen LogP contribution in [0.4, 0.5) is 0 Å². The van der Waals surface area contributed by atoms with E-state index in [1.54, 1.807) is 6.92 Å². The van der Waals surface area contributed by atoms with Crippen LogP contribution in [0.1, 0.15) is 31.1 Å². The normalized spacial score (nSPS) is 8.67. The van der Waals surface area contributed by atoms with Crippen molar-refractivity contribution in [2.24, 2.45) is 0 Å². The van der Waals surface area contributed by atoms with Gasteiger partial charge in [-0.2, -0.15) is 0 Å². The molecule has 0 saturated heterocycles. The molecular formula is C14H18O4. The molecule has 18 heavy (non-hydrogen) atoms. The summed E-state index contributed by atoms with van der Waals surface area (Å²) in [5.74, 6) is -0.566. The Balaban J connectivity index is 0.00000137. The van der Waals surface area contributed by atoms with Crippen molar-refractivity contribution in [2.75, 3.05) is 7.11 Å². The van der Waals surface area contributed by atoms with Crippen molar-refractivity contribution in [2.45, 2.75) is 20.8 Å².